The summed E-state index contributed by atoms with van der Waals surface area (Å²) >= 11 is 0. The average molecular weight is 409 g/mol. The van der Waals surface area contributed by atoms with Gasteiger partial charge in [-0.1, -0.05) is 6.07 Å². The summed E-state index contributed by atoms with van der Waals surface area (Å²) in [6.07, 6.45) is 4.98. The minimum atomic E-state index is 0.0505. The predicted octanol–water partition coefficient (Wildman–Crippen LogP) is 3.33. The number of carbonyl (C=O) groups excluding carboxylic acids is 1. The molecule has 2 saturated heterocycles. The van der Waals surface area contributed by atoms with E-state index in [1.807, 2.05) is 31.0 Å². The molecule has 2 aliphatic rings. The van der Waals surface area contributed by atoms with E-state index in [1.165, 1.54) is 5.52 Å². The van der Waals surface area contributed by atoms with Crippen LogP contribution in [-0.4, -0.2) is 57.6 Å². The van der Waals surface area contributed by atoms with Crippen LogP contribution in [0.1, 0.15) is 41.5 Å². The van der Waals surface area contributed by atoms with Gasteiger partial charge in [0.1, 0.15) is 17.5 Å². The molecule has 1 atom stereocenters. The number of hydrogen-bond acceptors (Lipinski definition) is 4. The Balaban J connectivity index is 1.26. The summed E-state index contributed by atoms with van der Waals surface area (Å²) in [4.78, 5) is 14.7. The van der Waals surface area contributed by atoms with Crippen molar-refractivity contribution in [2.24, 2.45) is 7.05 Å². The standard InChI is InChI=1S/C23H28N4O3/c1-16-14-21(25(2)24-16)23(28)26-10-6-18(7-11-26)30-22-5-3-4-20-19(22)8-12-27(20)17-9-13-29-15-17/h3-5,8,12,14,17-18H,6-7,9-11,13,15H2,1-2H3. The van der Waals surface area contributed by atoms with E-state index in [1.54, 1.807) is 4.68 Å². The van der Waals surface area contributed by atoms with E-state index in [0.29, 0.717) is 24.8 Å². The van der Waals surface area contributed by atoms with Crippen LogP contribution in [0.25, 0.3) is 10.9 Å². The van der Waals surface area contributed by atoms with Gasteiger partial charge < -0.3 is 18.9 Å². The van der Waals surface area contributed by atoms with Crippen molar-refractivity contribution < 1.29 is 14.3 Å². The fourth-order valence-corrected chi connectivity index (χ4v) is 4.65. The monoisotopic (exact) mass is 408 g/mol. The van der Waals surface area contributed by atoms with Gasteiger partial charge in [0.05, 0.1) is 23.9 Å². The molecule has 0 radical (unpaired) electrons. The lowest BCUT2D eigenvalue weighted by Gasteiger charge is -2.32. The maximum absolute atomic E-state index is 12.8. The molecule has 0 spiro atoms. The van der Waals surface area contributed by atoms with Gasteiger partial charge >= 0.3 is 0 Å². The molecule has 2 aliphatic heterocycles. The van der Waals surface area contributed by atoms with Crippen LogP contribution in [0.3, 0.4) is 0 Å². The number of hydrogen-bond donors (Lipinski definition) is 0. The zero-order valence-corrected chi connectivity index (χ0v) is 17.6. The van der Waals surface area contributed by atoms with Crippen LogP contribution in [0.15, 0.2) is 36.5 Å². The van der Waals surface area contributed by atoms with Gasteiger partial charge in [-0.2, -0.15) is 5.10 Å². The first-order valence-corrected chi connectivity index (χ1v) is 10.7. The minimum Gasteiger partial charge on any atom is -0.490 e. The Labute approximate surface area is 176 Å². The summed E-state index contributed by atoms with van der Waals surface area (Å²) in [5, 5.41) is 5.44. The third-order valence-electron chi connectivity index (χ3n) is 6.27. The molecule has 158 valence electrons. The van der Waals surface area contributed by atoms with Crippen molar-refractivity contribution in [2.45, 2.75) is 38.3 Å². The fourth-order valence-electron chi connectivity index (χ4n) is 4.65. The van der Waals surface area contributed by atoms with Gasteiger partial charge in [0, 0.05) is 51.2 Å². The maximum Gasteiger partial charge on any atom is 0.272 e. The summed E-state index contributed by atoms with van der Waals surface area (Å²) in [6, 6.07) is 10.7. The molecule has 5 rings (SSSR count). The average Bonchev–Trinajstić information content (AvgIpc) is 3.48. The summed E-state index contributed by atoms with van der Waals surface area (Å²) in [5.41, 5.74) is 2.71. The van der Waals surface area contributed by atoms with E-state index in [2.05, 4.69) is 34.1 Å². The van der Waals surface area contributed by atoms with Crippen LogP contribution in [0.4, 0.5) is 0 Å². The third-order valence-corrected chi connectivity index (χ3v) is 6.27. The van der Waals surface area contributed by atoms with E-state index < -0.39 is 0 Å². The second kappa shape index (κ2) is 7.80. The number of piperidine rings is 1. The Bertz CT molecular complexity index is 1060. The van der Waals surface area contributed by atoms with Gasteiger partial charge in [0.25, 0.3) is 5.91 Å². The topological polar surface area (TPSA) is 61.5 Å². The van der Waals surface area contributed by atoms with Crippen LogP contribution in [0.5, 0.6) is 5.75 Å². The third kappa shape index (κ3) is 3.47. The largest absolute Gasteiger partial charge is 0.490 e. The van der Waals surface area contributed by atoms with E-state index in [-0.39, 0.29) is 12.0 Å². The summed E-state index contributed by atoms with van der Waals surface area (Å²) < 4.78 is 15.9. The van der Waals surface area contributed by atoms with Gasteiger partial charge in [-0.25, -0.2) is 0 Å². The number of nitrogens with zero attached hydrogens (tertiary/aromatic N) is 4. The highest BCUT2D eigenvalue weighted by Crippen LogP contribution is 2.32. The molecular weight excluding hydrogens is 380 g/mol. The van der Waals surface area contributed by atoms with Gasteiger partial charge in [0.2, 0.25) is 0 Å². The van der Waals surface area contributed by atoms with E-state index in [4.69, 9.17) is 9.47 Å². The number of rotatable bonds is 4. The second-order valence-electron chi connectivity index (χ2n) is 8.33. The number of aromatic nitrogens is 3. The number of aryl methyl sites for hydroxylation is 2. The smallest absolute Gasteiger partial charge is 0.272 e. The normalized spacial score (nSPS) is 20.2. The lowest BCUT2D eigenvalue weighted by Crippen LogP contribution is -2.42. The number of likely N-dealkylation sites (tertiary alicyclic amines) is 1. The van der Waals surface area contributed by atoms with E-state index in [0.717, 1.165) is 49.3 Å². The molecule has 1 amide bonds. The molecule has 0 saturated carbocycles. The number of fused-ring (bicyclic) bond motifs is 1. The molecule has 1 unspecified atom stereocenters. The van der Waals surface area contributed by atoms with Crippen LogP contribution >= 0.6 is 0 Å². The van der Waals surface area contributed by atoms with E-state index in [9.17, 15) is 4.79 Å². The second-order valence-corrected chi connectivity index (χ2v) is 8.33. The van der Waals surface area contributed by atoms with Crippen LogP contribution in [0, 0.1) is 6.92 Å². The van der Waals surface area contributed by atoms with E-state index >= 15 is 0 Å². The first-order chi connectivity index (χ1) is 14.6. The lowest BCUT2D eigenvalue weighted by atomic mass is 10.1. The molecule has 2 fully saturated rings. The Morgan fingerprint density at radius 3 is 2.73 bits per heavy atom. The highest BCUT2D eigenvalue weighted by atomic mass is 16.5. The predicted molar refractivity (Wildman–Crippen MR) is 114 cm³/mol. The minimum absolute atomic E-state index is 0.0505. The number of amides is 1. The van der Waals surface area contributed by atoms with Crippen LogP contribution < -0.4 is 4.74 Å². The van der Waals surface area contributed by atoms with Crippen molar-refractivity contribution in [3.05, 3.63) is 47.9 Å². The van der Waals surface area contributed by atoms with Gasteiger partial charge in [-0.05, 0) is 37.6 Å². The molecular formula is C23H28N4O3. The lowest BCUT2D eigenvalue weighted by molar-refractivity contribution is 0.0588. The van der Waals surface area contributed by atoms with Crippen molar-refractivity contribution >= 4 is 16.8 Å². The summed E-state index contributed by atoms with van der Waals surface area (Å²) in [7, 11) is 1.82. The van der Waals surface area contributed by atoms with Crippen molar-refractivity contribution in [3.8, 4) is 5.75 Å². The first-order valence-electron chi connectivity index (χ1n) is 10.7. The van der Waals surface area contributed by atoms with Crippen LogP contribution in [-0.2, 0) is 11.8 Å². The zero-order valence-electron chi connectivity index (χ0n) is 17.6. The molecule has 0 aliphatic carbocycles. The number of benzene rings is 1. The first kappa shape index (κ1) is 19.2. The Hall–Kier alpha value is -2.80. The molecule has 4 heterocycles. The Kier molecular flexibility index (Phi) is 4.98. The summed E-state index contributed by atoms with van der Waals surface area (Å²) in [6.45, 7) is 4.91. The molecule has 3 aromatic rings. The molecule has 7 nitrogen and oxygen atoms in total. The maximum atomic E-state index is 12.8. The van der Waals surface area contributed by atoms with Crippen molar-refractivity contribution in [1.82, 2.24) is 19.2 Å². The van der Waals surface area contributed by atoms with Gasteiger partial charge in [0.15, 0.2) is 0 Å². The molecule has 7 heteroatoms. The molecule has 0 N–H and O–H groups in total. The Morgan fingerprint density at radius 1 is 1.20 bits per heavy atom. The van der Waals surface area contributed by atoms with Crippen LogP contribution in [0.2, 0.25) is 0 Å². The number of carbonyl (C=O) groups is 1. The Morgan fingerprint density at radius 2 is 2.03 bits per heavy atom. The zero-order chi connectivity index (χ0) is 20.7. The van der Waals surface area contributed by atoms with Gasteiger partial charge in [-0.15, -0.1) is 0 Å². The van der Waals surface area contributed by atoms with Crippen molar-refractivity contribution in [2.75, 3.05) is 26.3 Å². The number of ether oxygens (including phenoxy) is 2. The molecule has 1 aromatic carbocycles. The highest BCUT2D eigenvalue weighted by molar-refractivity contribution is 5.92. The summed E-state index contributed by atoms with van der Waals surface area (Å²) in [5.74, 6) is 0.978. The molecule has 2 aromatic heterocycles. The SMILES string of the molecule is Cc1cc(C(=O)N2CCC(Oc3cccc4c3ccn4C3CCOC3)CC2)n(C)n1. The van der Waals surface area contributed by atoms with Crippen molar-refractivity contribution in [3.63, 3.8) is 0 Å². The highest BCUT2D eigenvalue weighted by Gasteiger charge is 2.27. The van der Waals surface area contributed by atoms with Gasteiger partial charge in [-0.3, -0.25) is 9.48 Å². The molecule has 30 heavy (non-hydrogen) atoms. The fraction of sp³-hybridized carbons (Fsp3) is 0.478. The molecule has 0 bridgehead atoms. The quantitative estimate of drug-likeness (QED) is 0.664. The van der Waals surface area contributed by atoms with Crippen molar-refractivity contribution in [1.29, 1.82) is 0 Å².